The maximum atomic E-state index is 12.6. The maximum absolute atomic E-state index is 12.6. The van der Waals surface area contributed by atoms with Crippen molar-refractivity contribution >= 4 is 27.6 Å². The fourth-order valence-electron chi connectivity index (χ4n) is 2.76. The number of nitrogens with zero attached hydrogens (tertiary/aromatic N) is 1. The first kappa shape index (κ1) is 15.2. The Morgan fingerprint density at radius 2 is 2.10 bits per heavy atom. The Morgan fingerprint density at radius 1 is 1.40 bits per heavy atom. The lowest BCUT2D eigenvalue weighted by molar-refractivity contribution is -0.141. The summed E-state index contributed by atoms with van der Waals surface area (Å²) >= 11 is 3.44. The van der Waals surface area contributed by atoms with Crippen molar-refractivity contribution in [2.75, 3.05) is 6.54 Å². The highest BCUT2D eigenvalue weighted by molar-refractivity contribution is 9.10. The van der Waals surface area contributed by atoms with E-state index in [0.717, 1.165) is 15.6 Å². The molecule has 1 aromatic rings. The van der Waals surface area contributed by atoms with Crippen LogP contribution in [0.1, 0.15) is 37.8 Å². The maximum Gasteiger partial charge on any atom is 0.227 e. The monoisotopic (exact) mass is 337 g/mol. The summed E-state index contributed by atoms with van der Waals surface area (Å²) in [5, 5.41) is 0. The van der Waals surface area contributed by atoms with Crippen molar-refractivity contribution in [2.45, 2.75) is 45.6 Å². The standard InChI is InChI=1S/C16H20BrNO2/c1-11-4-5-13(17)8-12(11)9-15(20)18-7-6-14(19)10-16(18,2)3/h4-5,8H,6-7,9-10H2,1-3H3. The zero-order chi connectivity index (χ0) is 14.9. The van der Waals surface area contributed by atoms with Crippen LogP contribution in [-0.4, -0.2) is 28.7 Å². The molecule has 3 nitrogen and oxygen atoms in total. The first-order chi connectivity index (χ1) is 9.29. The molecule has 0 unspecified atom stereocenters. The number of carbonyl (C=O) groups excluding carboxylic acids is 2. The Hall–Kier alpha value is -1.16. The second kappa shape index (κ2) is 5.68. The molecule has 0 radical (unpaired) electrons. The lowest BCUT2D eigenvalue weighted by atomic mass is 9.89. The minimum absolute atomic E-state index is 0.101. The molecule has 1 aromatic carbocycles. The van der Waals surface area contributed by atoms with Gasteiger partial charge in [0.2, 0.25) is 5.91 Å². The lowest BCUT2D eigenvalue weighted by Gasteiger charge is -2.42. The smallest absolute Gasteiger partial charge is 0.227 e. The Balaban J connectivity index is 2.15. The van der Waals surface area contributed by atoms with E-state index in [4.69, 9.17) is 0 Å². The van der Waals surface area contributed by atoms with Crippen LogP contribution >= 0.6 is 15.9 Å². The first-order valence-electron chi connectivity index (χ1n) is 6.87. The van der Waals surface area contributed by atoms with Gasteiger partial charge in [-0.1, -0.05) is 22.0 Å². The van der Waals surface area contributed by atoms with E-state index in [0.29, 0.717) is 25.8 Å². The molecule has 108 valence electrons. The molecule has 0 bridgehead atoms. The largest absolute Gasteiger partial charge is 0.336 e. The van der Waals surface area contributed by atoms with Crippen molar-refractivity contribution < 1.29 is 9.59 Å². The lowest BCUT2D eigenvalue weighted by Crippen LogP contribution is -2.53. The van der Waals surface area contributed by atoms with Gasteiger partial charge in [-0.15, -0.1) is 0 Å². The van der Waals surface area contributed by atoms with Crippen molar-refractivity contribution in [1.82, 2.24) is 4.90 Å². The van der Waals surface area contributed by atoms with Gasteiger partial charge in [0.25, 0.3) is 0 Å². The second-order valence-corrected chi connectivity index (χ2v) is 6.99. The number of rotatable bonds is 2. The first-order valence-corrected chi connectivity index (χ1v) is 7.66. The number of Topliss-reactive ketones (excluding diaryl/α,β-unsaturated/α-hetero) is 1. The predicted molar refractivity (Wildman–Crippen MR) is 82.6 cm³/mol. The number of amides is 1. The topological polar surface area (TPSA) is 37.4 Å². The van der Waals surface area contributed by atoms with Gasteiger partial charge < -0.3 is 4.90 Å². The van der Waals surface area contributed by atoms with E-state index in [9.17, 15) is 9.59 Å². The zero-order valence-corrected chi connectivity index (χ0v) is 13.8. The van der Waals surface area contributed by atoms with Crippen LogP contribution in [0, 0.1) is 6.92 Å². The minimum Gasteiger partial charge on any atom is -0.336 e. The fourth-order valence-corrected chi connectivity index (χ4v) is 3.17. The van der Waals surface area contributed by atoms with E-state index in [1.54, 1.807) is 0 Å². The minimum atomic E-state index is -0.369. The van der Waals surface area contributed by atoms with Gasteiger partial charge in [0.05, 0.1) is 6.42 Å². The number of piperidine rings is 1. The van der Waals surface area contributed by atoms with Gasteiger partial charge in [-0.05, 0) is 44.0 Å². The summed E-state index contributed by atoms with van der Waals surface area (Å²) in [6, 6.07) is 5.99. The zero-order valence-electron chi connectivity index (χ0n) is 12.2. The van der Waals surface area contributed by atoms with Gasteiger partial charge in [-0.3, -0.25) is 9.59 Å². The molecule has 1 aliphatic heterocycles. The van der Waals surface area contributed by atoms with Gasteiger partial charge in [-0.25, -0.2) is 0 Å². The summed E-state index contributed by atoms with van der Waals surface area (Å²) in [5.74, 6) is 0.349. The molecular weight excluding hydrogens is 318 g/mol. The highest BCUT2D eigenvalue weighted by Gasteiger charge is 2.36. The quantitative estimate of drug-likeness (QED) is 0.830. The molecule has 1 aliphatic rings. The summed E-state index contributed by atoms with van der Waals surface area (Å²) in [5.41, 5.74) is 1.79. The number of aryl methyl sites for hydroxylation is 1. The number of halogens is 1. The molecule has 0 saturated carbocycles. The van der Waals surface area contributed by atoms with Gasteiger partial charge in [0, 0.05) is 29.4 Å². The average molecular weight is 338 g/mol. The van der Waals surface area contributed by atoms with Crippen molar-refractivity contribution in [1.29, 1.82) is 0 Å². The molecule has 0 aromatic heterocycles. The summed E-state index contributed by atoms with van der Waals surface area (Å²) < 4.78 is 0.985. The number of hydrogen-bond donors (Lipinski definition) is 0. The number of likely N-dealkylation sites (tertiary alicyclic amines) is 1. The van der Waals surface area contributed by atoms with Crippen LogP contribution < -0.4 is 0 Å². The van der Waals surface area contributed by atoms with Crippen molar-refractivity contribution in [3.8, 4) is 0 Å². The molecule has 0 spiro atoms. The Morgan fingerprint density at radius 3 is 2.75 bits per heavy atom. The number of hydrogen-bond acceptors (Lipinski definition) is 2. The third kappa shape index (κ3) is 3.29. The molecular formula is C16H20BrNO2. The van der Waals surface area contributed by atoms with E-state index < -0.39 is 0 Å². The third-order valence-corrected chi connectivity index (χ3v) is 4.42. The average Bonchev–Trinajstić information content (AvgIpc) is 2.32. The molecule has 1 saturated heterocycles. The molecule has 0 atom stereocenters. The summed E-state index contributed by atoms with van der Waals surface area (Å²) in [6.07, 6.45) is 1.33. The SMILES string of the molecule is Cc1ccc(Br)cc1CC(=O)N1CCC(=O)CC1(C)C. The van der Waals surface area contributed by atoms with Gasteiger partial charge in [-0.2, -0.15) is 0 Å². The Kier molecular flexibility index (Phi) is 4.33. The molecule has 1 fully saturated rings. The van der Waals surface area contributed by atoms with E-state index in [-0.39, 0.29) is 17.2 Å². The molecule has 0 N–H and O–H groups in total. The number of benzene rings is 1. The van der Waals surface area contributed by atoms with Crippen molar-refractivity contribution in [3.05, 3.63) is 33.8 Å². The van der Waals surface area contributed by atoms with Crippen LogP contribution in [0.3, 0.4) is 0 Å². The van der Waals surface area contributed by atoms with Crippen LogP contribution in [0.5, 0.6) is 0 Å². The molecule has 4 heteroatoms. The van der Waals surface area contributed by atoms with Crippen LogP contribution in [0.15, 0.2) is 22.7 Å². The van der Waals surface area contributed by atoms with E-state index >= 15 is 0 Å². The van der Waals surface area contributed by atoms with E-state index in [1.807, 2.05) is 43.9 Å². The van der Waals surface area contributed by atoms with Crippen LogP contribution in [0.4, 0.5) is 0 Å². The number of carbonyl (C=O) groups is 2. The highest BCUT2D eigenvalue weighted by atomic mass is 79.9. The summed E-state index contributed by atoms with van der Waals surface area (Å²) in [4.78, 5) is 26.0. The molecule has 2 rings (SSSR count). The second-order valence-electron chi connectivity index (χ2n) is 6.07. The normalized spacial score (nSPS) is 18.2. The third-order valence-electron chi connectivity index (χ3n) is 3.93. The Labute approximate surface area is 128 Å². The van der Waals surface area contributed by atoms with Crippen LogP contribution in [0.25, 0.3) is 0 Å². The van der Waals surface area contributed by atoms with Crippen molar-refractivity contribution in [3.63, 3.8) is 0 Å². The van der Waals surface area contributed by atoms with Gasteiger partial charge >= 0.3 is 0 Å². The molecule has 1 amide bonds. The fraction of sp³-hybridized carbons (Fsp3) is 0.500. The van der Waals surface area contributed by atoms with Crippen molar-refractivity contribution in [2.24, 2.45) is 0 Å². The van der Waals surface area contributed by atoms with Crippen LogP contribution in [0.2, 0.25) is 0 Å². The van der Waals surface area contributed by atoms with Gasteiger partial charge in [0.15, 0.2) is 0 Å². The van der Waals surface area contributed by atoms with Crippen LogP contribution in [-0.2, 0) is 16.0 Å². The predicted octanol–water partition coefficient (Wildman–Crippen LogP) is 3.27. The number of ketones is 1. The highest BCUT2D eigenvalue weighted by Crippen LogP contribution is 2.27. The Bertz CT molecular complexity index is 551. The molecule has 0 aliphatic carbocycles. The van der Waals surface area contributed by atoms with E-state index in [1.165, 1.54) is 0 Å². The molecule has 20 heavy (non-hydrogen) atoms. The van der Waals surface area contributed by atoms with E-state index in [2.05, 4.69) is 15.9 Å². The van der Waals surface area contributed by atoms with Gasteiger partial charge in [0.1, 0.15) is 5.78 Å². The summed E-state index contributed by atoms with van der Waals surface area (Å²) in [6.45, 7) is 6.49. The molecule has 1 heterocycles. The summed E-state index contributed by atoms with van der Waals surface area (Å²) in [7, 11) is 0.